The molecule has 44 heavy (non-hydrogen) atoms. The van der Waals surface area contributed by atoms with Crippen molar-refractivity contribution in [1.29, 1.82) is 5.41 Å². The lowest BCUT2D eigenvalue weighted by Crippen LogP contribution is -2.77. The van der Waals surface area contributed by atoms with Gasteiger partial charge in [0.25, 0.3) is 11.8 Å². The molecule has 0 radical (unpaired) electrons. The van der Waals surface area contributed by atoms with Crippen molar-refractivity contribution in [3.8, 4) is 17.0 Å². The number of nitrogens with zero attached hydrogens (tertiary/aromatic N) is 4. The van der Waals surface area contributed by atoms with Crippen LogP contribution in [0.15, 0.2) is 46.7 Å². The number of rotatable bonds is 14. The van der Waals surface area contributed by atoms with Crippen molar-refractivity contribution in [1.82, 2.24) is 24.8 Å². The van der Waals surface area contributed by atoms with E-state index in [1.807, 2.05) is 29.9 Å². The van der Waals surface area contributed by atoms with Gasteiger partial charge >= 0.3 is 10.4 Å². The molecule has 4 rings (SSSR count). The maximum absolute atomic E-state index is 13.1. The number of hydrogen-bond donors (Lipinski definition) is 6. The number of imidazole rings is 1. The molecule has 17 nitrogen and oxygen atoms in total. The Morgan fingerprint density at radius 1 is 1.27 bits per heavy atom. The van der Waals surface area contributed by atoms with E-state index in [9.17, 15) is 18.0 Å². The van der Waals surface area contributed by atoms with Gasteiger partial charge in [-0.2, -0.15) is 13.5 Å². The van der Waals surface area contributed by atoms with Crippen LogP contribution in [-0.2, 0) is 42.7 Å². The Balaban J connectivity index is 1.35. The van der Waals surface area contributed by atoms with Crippen LogP contribution in [0.2, 0.25) is 0 Å². The van der Waals surface area contributed by atoms with Crippen molar-refractivity contribution < 1.29 is 36.4 Å². The van der Waals surface area contributed by atoms with E-state index in [-0.39, 0.29) is 24.6 Å². The highest BCUT2D eigenvalue weighted by Crippen LogP contribution is 2.33. The van der Waals surface area contributed by atoms with Crippen LogP contribution in [0, 0.1) is 5.41 Å². The number of thioether (sulfide) groups is 1. The fourth-order valence-corrected chi connectivity index (χ4v) is 5.56. The van der Waals surface area contributed by atoms with Crippen LogP contribution in [0.1, 0.15) is 20.3 Å². The summed E-state index contributed by atoms with van der Waals surface area (Å²) >= 11 is 1.20. The lowest BCUT2D eigenvalue weighted by molar-refractivity contribution is -0.218. The molecular formula is C25H35N9O8S2. The quantitative estimate of drug-likeness (QED) is 0.0489. The molecule has 0 saturated carbocycles. The normalized spacial score (nSPS) is 19.7. The van der Waals surface area contributed by atoms with E-state index < -0.39 is 39.3 Å². The van der Waals surface area contributed by atoms with Gasteiger partial charge in [-0.25, -0.2) is 0 Å². The third-order valence-electron chi connectivity index (χ3n) is 6.80. The van der Waals surface area contributed by atoms with Crippen molar-refractivity contribution in [2.45, 2.75) is 43.9 Å². The van der Waals surface area contributed by atoms with Crippen LogP contribution in [-0.4, -0.2) is 81.5 Å². The third kappa shape index (κ3) is 7.42. The smallest absolute Gasteiger partial charge is 0.418 e. The number of carbonyl (C=O) groups excluding carboxylic acids is 2. The minimum atomic E-state index is -4.94. The summed E-state index contributed by atoms with van der Waals surface area (Å²) in [7, 11) is -3.12. The molecule has 0 bridgehead atoms. The number of nitrogens with one attached hydrogen (secondary N) is 3. The zero-order valence-electron chi connectivity index (χ0n) is 24.2. The summed E-state index contributed by atoms with van der Waals surface area (Å²) in [6.45, 7) is 4.14. The number of hydrogen-bond acceptors (Lipinski definition) is 13. The van der Waals surface area contributed by atoms with Crippen LogP contribution < -0.4 is 32.5 Å². The van der Waals surface area contributed by atoms with Crippen LogP contribution in [0.25, 0.3) is 11.3 Å². The standard InChI is InChI=1S/C25H35N9O8S2/c1-25(2)20(22(36)34(25)42-44(37,38)39)30-21(35)19(17-14-43-23(27)29-17)31-41-12-11-40-16-7-5-15(6-8-16)18-13-33(10-4-9-26)24(28)32(18)3/h5-8,13-14,20,23,28-29H,4,9-12,26-27H2,1-3H3,(H,30,35)(H,37,38,39)/b28-24?,31-19-. The Labute approximate surface area is 257 Å². The highest BCUT2D eigenvalue weighted by Gasteiger charge is 2.58. The van der Waals surface area contributed by atoms with Gasteiger partial charge in [-0.05, 0) is 56.6 Å². The van der Waals surface area contributed by atoms with Crippen LogP contribution in [0.4, 0.5) is 0 Å². The van der Waals surface area contributed by atoms with Crippen molar-refractivity contribution >= 4 is 39.7 Å². The number of oxime groups is 1. The number of ether oxygens (including phenoxy) is 1. The third-order valence-corrected chi connectivity index (χ3v) is 7.92. The number of benzene rings is 1. The van der Waals surface area contributed by atoms with Crippen LogP contribution in [0.5, 0.6) is 5.75 Å². The highest BCUT2D eigenvalue weighted by molar-refractivity contribution is 8.02. The Morgan fingerprint density at radius 3 is 2.57 bits per heavy atom. The van der Waals surface area contributed by atoms with Crippen LogP contribution in [0.3, 0.4) is 0 Å². The van der Waals surface area contributed by atoms with E-state index in [2.05, 4.69) is 20.1 Å². The summed E-state index contributed by atoms with van der Waals surface area (Å²) in [6, 6.07) is 6.15. The zero-order valence-corrected chi connectivity index (χ0v) is 25.9. The van der Waals surface area contributed by atoms with Gasteiger partial charge in [0.2, 0.25) is 5.62 Å². The first kappa shape index (κ1) is 33.0. The summed E-state index contributed by atoms with van der Waals surface area (Å²) in [6.07, 6.45) is 2.69. The second-order valence-corrected chi connectivity index (χ2v) is 12.3. The summed E-state index contributed by atoms with van der Waals surface area (Å²) in [5, 5.41) is 19.6. The average Bonchev–Trinajstić information content (AvgIpc) is 3.52. The Morgan fingerprint density at radius 2 is 1.98 bits per heavy atom. The number of hydroxylamine groups is 2. The SMILES string of the molecule is Cn1c(-c2ccc(OCCO/N=C(\C(=O)NC3C(=O)N(OS(=O)(=O)O)C3(C)C)C3=CSC(N)N3)cc2)cn(CCCN)c1=N. The molecule has 1 aromatic heterocycles. The number of amides is 2. The minimum absolute atomic E-state index is 0.0318. The van der Waals surface area contributed by atoms with Gasteiger partial charge in [0.15, 0.2) is 12.3 Å². The van der Waals surface area contributed by atoms with Gasteiger partial charge in [-0.15, -0.1) is 4.28 Å². The van der Waals surface area contributed by atoms with Gasteiger partial charge in [0.1, 0.15) is 23.9 Å². The largest absolute Gasteiger partial charge is 0.490 e. The van der Waals surface area contributed by atoms with Gasteiger partial charge in [0.05, 0.1) is 16.9 Å². The molecule has 2 aliphatic heterocycles. The molecule has 3 heterocycles. The zero-order chi connectivity index (χ0) is 32.2. The predicted molar refractivity (Wildman–Crippen MR) is 160 cm³/mol. The molecule has 8 N–H and O–H groups in total. The molecule has 240 valence electrons. The molecule has 0 aliphatic carbocycles. The summed E-state index contributed by atoms with van der Waals surface area (Å²) in [5.41, 5.74) is 11.8. The molecule has 1 aromatic carbocycles. The number of aromatic nitrogens is 2. The van der Waals surface area contributed by atoms with E-state index in [1.54, 1.807) is 22.1 Å². The van der Waals surface area contributed by atoms with Crippen molar-refractivity contribution in [3.63, 3.8) is 0 Å². The first-order valence-electron chi connectivity index (χ1n) is 13.4. The first-order valence-corrected chi connectivity index (χ1v) is 15.7. The second-order valence-electron chi connectivity index (χ2n) is 10.3. The van der Waals surface area contributed by atoms with E-state index in [0.29, 0.717) is 29.5 Å². The average molecular weight is 654 g/mol. The van der Waals surface area contributed by atoms with Gasteiger partial charge < -0.3 is 40.8 Å². The van der Waals surface area contributed by atoms with Gasteiger partial charge in [-0.3, -0.25) is 19.6 Å². The number of β-lactam (4-membered cyclic amide) rings is 1. The summed E-state index contributed by atoms with van der Waals surface area (Å²) in [4.78, 5) is 30.9. The number of aryl methyl sites for hydroxylation is 1. The Kier molecular flexibility index (Phi) is 10.1. The van der Waals surface area contributed by atoms with E-state index in [1.165, 1.54) is 25.6 Å². The van der Waals surface area contributed by atoms with Gasteiger partial charge in [0, 0.05) is 25.2 Å². The number of carbonyl (C=O) groups is 2. The number of nitrogens with two attached hydrogens (primary N) is 2. The Hall–Kier alpha value is -3.88. The summed E-state index contributed by atoms with van der Waals surface area (Å²) < 4.78 is 44.7. The molecule has 2 amide bonds. The van der Waals surface area contributed by atoms with Gasteiger partial charge in [-0.1, -0.05) is 16.9 Å². The van der Waals surface area contributed by atoms with Crippen LogP contribution >= 0.6 is 11.8 Å². The maximum Gasteiger partial charge on any atom is 0.418 e. The molecule has 1 fully saturated rings. The molecule has 0 spiro atoms. The second kappa shape index (κ2) is 13.4. The highest BCUT2D eigenvalue weighted by atomic mass is 32.3. The monoisotopic (exact) mass is 653 g/mol. The van der Waals surface area contributed by atoms with Crippen molar-refractivity contribution in [3.05, 3.63) is 47.2 Å². The molecule has 2 aliphatic rings. The van der Waals surface area contributed by atoms with Crippen molar-refractivity contribution in [2.24, 2.45) is 23.7 Å². The fourth-order valence-electron chi connectivity index (χ4n) is 4.45. The molecule has 2 atom stereocenters. The molecule has 19 heteroatoms. The topological polar surface area (TPSA) is 242 Å². The first-order chi connectivity index (χ1) is 20.7. The fraction of sp³-hybridized carbons (Fsp3) is 0.440. The molecule has 2 aromatic rings. The maximum atomic E-state index is 13.1. The van der Waals surface area contributed by atoms with E-state index in [0.717, 1.165) is 17.7 Å². The summed E-state index contributed by atoms with van der Waals surface area (Å²) in [5.74, 6) is -1.12. The molecule has 2 unspecified atom stereocenters. The lowest BCUT2D eigenvalue weighted by Gasteiger charge is -2.50. The van der Waals surface area contributed by atoms with Crippen molar-refractivity contribution in [2.75, 3.05) is 19.8 Å². The minimum Gasteiger partial charge on any atom is -0.490 e. The Bertz CT molecular complexity index is 1620. The molecular weight excluding hydrogens is 618 g/mol. The molecule has 1 saturated heterocycles. The van der Waals surface area contributed by atoms with E-state index >= 15 is 0 Å². The lowest BCUT2D eigenvalue weighted by atomic mass is 9.84. The van der Waals surface area contributed by atoms with E-state index in [4.69, 9.17) is 31.0 Å². The predicted octanol–water partition coefficient (Wildman–Crippen LogP) is -0.667.